The van der Waals surface area contributed by atoms with E-state index in [0.29, 0.717) is 0 Å². The predicted molar refractivity (Wildman–Crippen MR) is 58.7 cm³/mol. The second-order valence-electron chi connectivity index (χ2n) is 2.79. The second kappa shape index (κ2) is 4.51. The molecule has 0 spiro atoms. The van der Waals surface area contributed by atoms with Gasteiger partial charge in [0, 0.05) is 0 Å². The van der Waals surface area contributed by atoms with Gasteiger partial charge < -0.3 is 9.73 Å². The molecular formula is C9H5Cl2N3O2. The van der Waals surface area contributed by atoms with E-state index in [2.05, 4.69) is 15.3 Å². The van der Waals surface area contributed by atoms with Gasteiger partial charge in [-0.1, -0.05) is 11.6 Å². The molecule has 0 unspecified atom stereocenters. The van der Waals surface area contributed by atoms with Crippen molar-refractivity contribution in [3.63, 3.8) is 0 Å². The van der Waals surface area contributed by atoms with Gasteiger partial charge in [-0.3, -0.25) is 9.78 Å². The van der Waals surface area contributed by atoms with Gasteiger partial charge in [0.05, 0.1) is 24.2 Å². The number of halogens is 2. The fourth-order valence-electron chi connectivity index (χ4n) is 1.04. The van der Waals surface area contributed by atoms with Crippen molar-refractivity contribution in [3.8, 4) is 0 Å². The molecule has 0 atom stereocenters. The van der Waals surface area contributed by atoms with Crippen molar-refractivity contribution in [3.05, 3.63) is 40.7 Å². The van der Waals surface area contributed by atoms with Gasteiger partial charge in [0.2, 0.25) is 5.22 Å². The summed E-state index contributed by atoms with van der Waals surface area (Å²) >= 11 is 11.3. The quantitative estimate of drug-likeness (QED) is 0.898. The van der Waals surface area contributed by atoms with Gasteiger partial charge in [0.15, 0.2) is 5.82 Å². The molecule has 7 heteroatoms. The Morgan fingerprint density at radius 1 is 1.38 bits per heavy atom. The van der Waals surface area contributed by atoms with E-state index in [9.17, 15) is 4.79 Å². The number of anilines is 1. The van der Waals surface area contributed by atoms with E-state index in [1.807, 2.05) is 0 Å². The van der Waals surface area contributed by atoms with E-state index >= 15 is 0 Å². The van der Waals surface area contributed by atoms with Crippen LogP contribution in [0.5, 0.6) is 0 Å². The summed E-state index contributed by atoms with van der Waals surface area (Å²) in [5.41, 5.74) is 0.225. The van der Waals surface area contributed by atoms with Crippen LogP contribution in [0, 0.1) is 0 Å². The number of hydrogen-bond acceptors (Lipinski definition) is 4. The third-order valence-electron chi connectivity index (χ3n) is 1.71. The van der Waals surface area contributed by atoms with Gasteiger partial charge in [-0.2, -0.15) is 0 Å². The molecule has 0 saturated carbocycles. The van der Waals surface area contributed by atoms with Crippen LogP contribution >= 0.6 is 23.2 Å². The van der Waals surface area contributed by atoms with Crippen LogP contribution < -0.4 is 5.32 Å². The third-order valence-corrected chi connectivity index (χ3v) is 2.18. The van der Waals surface area contributed by atoms with Crippen LogP contribution in [0.25, 0.3) is 0 Å². The highest BCUT2D eigenvalue weighted by atomic mass is 35.5. The standard InChI is InChI=1S/C9H5Cl2N3O2/c10-6-3-12-4-7(13-6)14-9(15)5-1-2-16-8(5)11/h1-4H,(H,13,14,15). The lowest BCUT2D eigenvalue weighted by atomic mass is 10.3. The van der Waals surface area contributed by atoms with Crippen molar-refractivity contribution in [2.45, 2.75) is 0 Å². The summed E-state index contributed by atoms with van der Waals surface area (Å²) in [5.74, 6) is -0.190. The largest absolute Gasteiger partial charge is 0.452 e. The van der Waals surface area contributed by atoms with Crippen LogP contribution in [-0.4, -0.2) is 15.9 Å². The maximum Gasteiger partial charge on any atom is 0.261 e. The number of hydrogen-bond donors (Lipinski definition) is 1. The van der Waals surface area contributed by atoms with Crippen molar-refractivity contribution in [1.82, 2.24) is 9.97 Å². The molecule has 1 N–H and O–H groups in total. The minimum absolute atomic E-state index is 0.0208. The van der Waals surface area contributed by atoms with Gasteiger partial charge in [-0.25, -0.2) is 4.98 Å². The topological polar surface area (TPSA) is 68.0 Å². The normalized spacial score (nSPS) is 10.1. The molecule has 82 valence electrons. The Hall–Kier alpha value is -1.59. The minimum atomic E-state index is -0.435. The first-order chi connectivity index (χ1) is 7.66. The van der Waals surface area contributed by atoms with Crippen LogP contribution in [-0.2, 0) is 0 Å². The zero-order valence-electron chi connectivity index (χ0n) is 7.78. The summed E-state index contributed by atoms with van der Waals surface area (Å²) < 4.78 is 4.79. The molecule has 2 aromatic rings. The second-order valence-corrected chi connectivity index (χ2v) is 3.52. The molecule has 0 aliphatic rings. The van der Waals surface area contributed by atoms with E-state index in [1.54, 1.807) is 0 Å². The summed E-state index contributed by atoms with van der Waals surface area (Å²) in [6, 6.07) is 1.45. The minimum Gasteiger partial charge on any atom is -0.452 e. The monoisotopic (exact) mass is 257 g/mol. The van der Waals surface area contributed by atoms with Crippen molar-refractivity contribution in [2.24, 2.45) is 0 Å². The van der Waals surface area contributed by atoms with Crippen molar-refractivity contribution < 1.29 is 9.21 Å². The van der Waals surface area contributed by atoms with Gasteiger partial charge in [0.1, 0.15) is 5.15 Å². The summed E-state index contributed by atoms with van der Waals surface area (Å²) in [6.07, 6.45) is 4.06. The van der Waals surface area contributed by atoms with Crippen LogP contribution in [0.4, 0.5) is 5.82 Å². The Morgan fingerprint density at radius 2 is 2.19 bits per heavy atom. The zero-order valence-corrected chi connectivity index (χ0v) is 9.29. The van der Waals surface area contributed by atoms with Gasteiger partial charge >= 0.3 is 0 Å². The highest BCUT2D eigenvalue weighted by Crippen LogP contribution is 2.18. The molecule has 16 heavy (non-hydrogen) atoms. The molecule has 0 saturated heterocycles. The zero-order chi connectivity index (χ0) is 11.5. The molecule has 0 radical (unpaired) electrons. The highest BCUT2D eigenvalue weighted by molar-refractivity contribution is 6.32. The van der Waals surface area contributed by atoms with Crippen molar-refractivity contribution in [2.75, 3.05) is 5.32 Å². The number of nitrogens with zero attached hydrogens (tertiary/aromatic N) is 2. The lowest BCUT2D eigenvalue weighted by molar-refractivity contribution is 0.102. The SMILES string of the molecule is O=C(Nc1cncc(Cl)n1)c1ccoc1Cl. The molecule has 2 heterocycles. The first kappa shape index (κ1) is 10.9. The molecular weight excluding hydrogens is 253 g/mol. The van der Waals surface area contributed by atoms with E-state index in [-0.39, 0.29) is 21.8 Å². The molecule has 0 fully saturated rings. The molecule has 0 aliphatic heterocycles. The fraction of sp³-hybridized carbons (Fsp3) is 0. The first-order valence-electron chi connectivity index (χ1n) is 4.18. The molecule has 2 rings (SSSR count). The Kier molecular flexibility index (Phi) is 3.07. The number of nitrogens with one attached hydrogen (secondary N) is 1. The molecule has 0 bridgehead atoms. The Labute approximate surface area is 100 Å². The predicted octanol–water partition coefficient (Wildman–Crippen LogP) is 2.63. The number of rotatable bonds is 2. The Bertz CT molecular complexity index is 527. The first-order valence-corrected chi connectivity index (χ1v) is 4.94. The molecule has 0 aromatic carbocycles. The molecule has 0 aliphatic carbocycles. The maximum atomic E-state index is 11.6. The van der Waals surface area contributed by atoms with Gasteiger partial charge in [-0.15, -0.1) is 0 Å². The molecule has 1 amide bonds. The lowest BCUT2D eigenvalue weighted by Gasteiger charge is -2.01. The summed E-state index contributed by atoms with van der Waals surface area (Å²) in [6.45, 7) is 0. The smallest absolute Gasteiger partial charge is 0.261 e. The third kappa shape index (κ3) is 2.32. The van der Waals surface area contributed by atoms with Crippen LogP contribution in [0.1, 0.15) is 10.4 Å². The molecule has 5 nitrogen and oxygen atoms in total. The number of carbonyl (C=O) groups excluding carboxylic acids is 1. The van der Waals surface area contributed by atoms with Gasteiger partial charge in [-0.05, 0) is 17.7 Å². The van der Waals surface area contributed by atoms with E-state index in [1.165, 1.54) is 24.7 Å². The molecule has 2 aromatic heterocycles. The summed E-state index contributed by atoms with van der Waals surface area (Å²) in [7, 11) is 0. The highest BCUT2D eigenvalue weighted by Gasteiger charge is 2.13. The van der Waals surface area contributed by atoms with Crippen LogP contribution in [0.2, 0.25) is 10.4 Å². The van der Waals surface area contributed by atoms with E-state index in [0.717, 1.165) is 0 Å². The Balaban J connectivity index is 2.17. The number of carbonyl (C=O) groups is 1. The number of furan rings is 1. The number of amides is 1. The van der Waals surface area contributed by atoms with Crippen molar-refractivity contribution in [1.29, 1.82) is 0 Å². The summed E-state index contributed by atoms with van der Waals surface area (Å²) in [4.78, 5) is 19.3. The number of aromatic nitrogens is 2. The average Bonchev–Trinajstić information content (AvgIpc) is 2.64. The van der Waals surface area contributed by atoms with E-state index < -0.39 is 5.91 Å². The lowest BCUT2D eigenvalue weighted by Crippen LogP contribution is -2.12. The summed E-state index contributed by atoms with van der Waals surface area (Å²) in [5, 5.41) is 2.70. The van der Waals surface area contributed by atoms with Crippen molar-refractivity contribution >= 4 is 34.9 Å². The van der Waals surface area contributed by atoms with Gasteiger partial charge in [0.25, 0.3) is 5.91 Å². The van der Waals surface area contributed by atoms with Crippen LogP contribution in [0.3, 0.4) is 0 Å². The maximum absolute atomic E-state index is 11.6. The Morgan fingerprint density at radius 3 is 2.81 bits per heavy atom. The average molecular weight is 258 g/mol. The fourth-order valence-corrected chi connectivity index (χ4v) is 1.39. The van der Waals surface area contributed by atoms with E-state index in [4.69, 9.17) is 27.6 Å². The van der Waals surface area contributed by atoms with Crippen LogP contribution in [0.15, 0.2) is 29.1 Å².